The van der Waals surface area contributed by atoms with Crippen molar-refractivity contribution < 1.29 is 14.3 Å². The molecule has 1 heterocycles. The number of hydrogen-bond acceptors (Lipinski definition) is 4. The first-order valence-corrected chi connectivity index (χ1v) is 12.5. The molecule has 0 aromatic heterocycles. The van der Waals surface area contributed by atoms with Crippen LogP contribution in [-0.2, 0) is 28.0 Å². The Morgan fingerprint density at radius 3 is 2.06 bits per heavy atom. The molecule has 0 saturated heterocycles. The molecule has 1 amide bonds. The van der Waals surface area contributed by atoms with Crippen molar-refractivity contribution in [2.24, 2.45) is 5.92 Å². The second-order valence-electron chi connectivity index (χ2n) is 11.0. The van der Waals surface area contributed by atoms with E-state index in [2.05, 4.69) is 63.0 Å². The van der Waals surface area contributed by atoms with Crippen LogP contribution in [0.5, 0.6) is 0 Å². The molecule has 5 heteroatoms. The molecule has 36 heavy (non-hydrogen) atoms. The van der Waals surface area contributed by atoms with Gasteiger partial charge in [-0.1, -0.05) is 71.0 Å². The molecule has 0 saturated carbocycles. The Kier molecular flexibility index (Phi) is 7.32. The fourth-order valence-corrected chi connectivity index (χ4v) is 4.83. The topological polar surface area (TPSA) is 58.6 Å². The number of nitrogens with one attached hydrogen (secondary N) is 1. The molecular formula is C31H36N2O3. The van der Waals surface area contributed by atoms with Crippen LogP contribution in [0.1, 0.15) is 61.7 Å². The number of nitrogens with zero attached hydrogens (tertiary/aromatic N) is 1. The monoisotopic (exact) mass is 484 g/mol. The smallest absolute Gasteiger partial charge is 0.323 e. The fourth-order valence-electron chi connectivity index (χ4n) is 4.83. The highest BCUT2D eigenvalue weighted by Gasteiger charge is 2.33. The number of anilines is 1. The Bertz CT molecular complexity index is 1240. The lowest BCUT2D eigenvalue weighted by atomic mass is 9.87. The van der Waals surface area contributed by atoms with Crippen molar-refractivity contribution in [1.82, 2.24) is 4.90 Å². The van der Waals surface area contributed by atoms with Crippen molar-refractivity contribution >= 4 is 17.6 Å². The van der Waals surface area contributed by atoms with Gasteiger partial charge in [-0.3, -0.25) is 14.5 Å². The van der Waals surface area contributed by atoms with Gasteiger partial charge in [0, 0.05) is 24.3 Å². The predicted octanol–water partition coefficient (Wildman–Crippen LogP) is 6.42. The van der Waals surface area contributed by atoms with E-state index in [-0.39, 0.29) is 29.3 Å². The molecular weight excluding hydrogens is 448 g/mol. The molecule has 188 valence electrons. The average Bonchev–Trinajstić information content (AvgIpc) is 3.26. The molecule has 0 fully saturated rings. The average molecular weight is 485 g/mol. The summed E-state index contributed by atoms with van der Waals surface area (Å²) in [5.74, 6) is -0.127. The summed E-state index contributed by atoms with van der Waals surface area (Å²) < 4.78 is 5.05. The van der Waals surface area contributed by atoms with Crippen molar-refractivity contribution in [3.8, 4) is 11.1 Å². The first kappa shape index (κ1) is 25.6. The van der Waals surface area contributed by atoms with Gasteiger partial charge in [-0.2, -0.15) is 0 Å². The van der Waals surface area contributed by atoms with E-state index in [1.165, 1.54) is 23.8 Å². The summed E-state index contributed by atoms with van der Waals surface area (Å²) in [7, 11) is 1.45. The standard InChI is InChI=1S/C31H36N2O3/c1-20(2)28(30(35)36-6)33-18-24-8-7-23(17-25(24)19-33)21-11-15-27(16-12-21)32-29(34)22-9-13-26(14-10-22)31(3,4)5/h7-17,20,28H,18-19H2,1-6H3,(H,32,34). The van der Waals surface area contributed by atoms with Crippen LogP contribution in [-0.4, -0.2) is 29.9 Å². The second kappa shape index (κ2) is 10.3. The van der Waals surface area contributed by atoms with Gasteiger partial charge in [-0.05, 0) is 69.5 Å². The van der Waals surface area contributed by atoms with Gasteiger partial charge >= 0.3 is 5.97 Å². The minimum atomic E-state index is -0.251. The maximum absolute atomic E-state index is 12.7. The number of amides is 1. The third kappa shape index (κ3) is 5.52. The number of carbonyl (C=O) groups excluding carboxylic acids is 2. The predicted molar refractivity (Wildman–Crippen MR) is 145 cm³/mol. The molecule has 5 nitrogen and oxygen atoms in total. The maximum Gasteiger partial charge on any atom is 0.323 e. The lowest BCUT2D eigenvalue weighted by Gasteiger charge is -2.28. The van der Waals surface area contributed by atoms with Gasteiger partial charge in [0.1, 0.15) is 6.04 Å². The Balaban J connectivity index is 1.44. The summed E-state index contributed by atoms with van der Waals surface area (Å²) in [6.07, 6.45) is 0. The van der Waals surface area contributed by atoms with Crippen LogP contribution in [0.2, 0.25) is 0 Å². The summed E-state index contributed by atoms with van der Waals surface area (Å²) in [5, 5.41) is 2.99. The number of ether oxygens (including phenoxy) is 1. The summed E-state index contributed by atoms with van der Waals surface area (Å²) >= 11 is 0. The van der Waals surface area contributed by atoms with Crippen LogP contribution < -0.4 is 5.32 Å². The summed E-state index contributed by atoms with van der Waals surface area (Å²) in [5.41, 5.74) is 7.33. The highest BCUT2D eigenvalue weighted by Crippen LogP contribution is 2.32. The largest absolute Gasteiger partial charge is 0.468 e. The Morgan fingerprint density at radius 2 is 1.47 bits per heavy atom. The second-order valence-corrected chi connectivity index (χ2v) is 11.0. The van der Waals surface area contributed by atoms with E-state index in [4.69, 9.17) is 4.74 Å². The molecule has 3 aromatic carbocycles. The number of methoxy groups -OCH3 is 1. The zero-order chi connectivity index (χ0) is 26.0. The molecule has 3 aromatic rings. The lowest BCUT2D eigenvalue weighted by Crippen LogP contribution is -2.42. The Morgan fingerprint density at radius 1 is 0.861 bits per heavy atom. The van der Waals surface area contributed by atoms with Gasteiger partial charge in [0.05, 0.1) is 7.11 Å². The quantitative estimate of drug-likeness (QED) is 0.410. The number of carbonyl (C=O) groups is 2. The molecule has 1 aliphatic rings. The molecule has 0 spiro atoms. The molecule has 0 aliphatic carbocycles. The van der Waals surface area contributed by atoms with Crippen LogP contribution in [0.25, 0.3) is 11.1 Å². The minimum absolute atomic E-state index is 0.0537. The van der Waals surface area contributed by atoms with Crippen LogP contribution in [0.3, 0.4) is 0 Å². The zero-order valence-corrected chi connectivity index (χ0v) is 22.1. The van der Waals surface area contributed by atoms with Gasteiger partial charge in [0.2, 0.25) is 0 Å². The van der Waals surface area contributed by atoms with E-state index in [1.807, 2.05) is 48.5 Å². The van der Waals surface area contributed by atoms with Gasteiger partial charge in [0.25, 0.3) is 5.91 Å². The van der Waals surface area contributed by atoms with Crippen molar-refractivity contribution in [1.29, 1.82) is 0 Å². The summed E-state index contributed by atoms with van der Waals surface area (Å²) in [6, 6.07) is 21.9. The number of hydrogen-bond donors (Lipinski definition) is 1. The van der Waals surface area contributed by atoms with Gasteiger partial charge < -0.3 is 10.1 Å². The first-order chi connectivity index (χ1) is 17.1. The van der Waals surface area contributed by atoms with E-state index in [0.717, 1.165) is 29.9 Å². The van der Waals surface area contributed by atoms with Gasteiger partial charge in [-0.25, -0.2) is 0 Å². The van der Waals surface area contributed by atoms with Crippen molar-refractivity contribution in [3.05, 3.63) is 89.0 Å². The molecule has 1 aliphatic heterocycles. The third-order valence-corrected chi connectivity index (χ3v) is 6.91. The van der Waals surface area contributed by atoms with Crippen molar-refractivity contribution in [2.75, 3.05) is 12.4 Å². The highest BCUT2D eigenvalue weighted by atomic mass is 16.5. The molecule has 1 unspecified atom stereocenters. The molecule has 1 atom stereocenters. The third-order valence-electron chi connectivity index (χ3n) is 6.91. The molecule has 4 rings (SSSR count). The van der Waals surface area contributed by atoms with Crippen molar-refractivity contribution in [3.63, 3.8) is 0 Å². The number of fused-ring (bicyclic) bond motifs is 1. The van der Waals surface area contributed by atoms with Crippen LogP contribution in [0, 0.1) is 5.92 Å². The number of esters is 1. The highest BCUT2D eigenvalue weighted by molar-refractivity contribution is 6.04. The summed E-state index contributed by atoms with van der Waals surface area (Å²) in [4.78, 5) is 27.2. The SMILES string of the molecule is COC(=O)C(C(C)C)N1Cc2ccc(-c3ccc(NC(=O)c4ccc(C(C)(C)C)cc4)cc3)cc2C1. The normalized spacial score (nSPS) is 14.4. The van der Waals surface area contributed by atoms with Crippen molar-refractivity contribution in [2.45, 2.75) is 59.2 Å². The van der Waals surface area contributed by atoms with E-state index >= 15 is 0 Å². The van der Waals surface area contributed by atoms with E-state index in [1.54, 1.807) is 0 Å². The maximum atomic E-state index is 12.7. The fraction of sp³-hybridized carbons (Fsp3) is 0.355. The molecule has 1 N–H and O–H groups in total. The zero-order valence-electron chi connectivity index (χ0n) is 22.1. The van der Waals surface area contributed by atoms with E-state index < -0.39 is 0 Å². The summed E-state index contributed by atoms with van der Waals surface area (Å²) in [6.45, 7) is 12.1. The van der Waals surface area contributed by atoms with E-state index in [9.17, 15) is 9.59 Å². The molecule has 0 radical (unpaired) electrons. The first-order valence-electron chi connectivity index (χ1n) is 12.5. The minimum Gasteiger partial charge on any atom is -0.468 e. The Labute approximate surface area is 214 Å². The van der Waals surface area contributed by atoms with Crippen LogP contribution >= 0.6 is 0 Å². The lowest BCUT2D eigenvalue weighted by molar-refractivity contribution is -0.149. The number of benzene rings is 3. The Hall–Kier alpha value is -3.44. The number of rotatable bonds is 6. The van der Waals surface area contributed by atoms with Crippen LogP contribution in [0.15, 0.2) is 66.7 Å². The van der Waals surface area contributed by atoms with Gasteiger partial charge in [0.15, 0.2) is 0 Å². The van der Waals surface area contributed by atoms with E-state index in [0.29, 0.717) is 5.56 Å². The van der Waals surface area contributed by atoms with Crippen LogP contribution in [0.4, 0.5) is 5.69 Å². The molecule has 0 bridgehead atoms. The van der Waals surface area contributed by atoms with Gasteiger partial charge in [-0.15, -0.1) is 0 Å².